The van der Waals surface area contributed by atoms with Crippen LogP contribution >= 0.6 is 11.6 Å². The molecule has 0 bridgehead atoms. The standard InChI is InChI=1S/C15H14ClN3O4/c1-22-15(21)9-2-4-12(11(17)6-9)23-8-14(20)19-13-5-3-10(16)7-18-13/h2-7H,8,17H2,1H3,(H,18,19,20). The molecule has 120 valence electrons. The molecule has 2 rings (SSSR count). The number of anilines is 2. The number of halogens is 1. The molecule has 0 aliphatic rings. The highest BCUT2D eigenvalue weighted by Gasteiger charge is 2.10. The van der Waals surface area contributed by atoms with Crippen LogP contribution in [-0.4, -0.2) is 30.6 Å². The monoisotopic (exact) mass is 335 g/mol. The summed E-state index contributed by atoms with van der Waals surface area (Å²) in [5.41, 5.74) is 6.30. The summed E-state index contributed by atoms with van der Waals surface area (Å²) in [6.45, 7) is -0.258. The van der Waals surface area contributed by atoms with E-state index in [4.69, 9.17) is 22.1 Å². The van der Waals surface area contributed by atoms with Crippen LogP contribution in [0.4, 0.5) is 11.5 Å². The molecule has 1 aromatic heterocycles. The molecule has 0 aliphatic heterocycles. The summed E-state index contributed by atoms with van der Waals surface area (Å²) in [6.07, 6.45) is 1.42. The smallest absolute Gasteiger partial charge is 0.337 e. The zero-order valence-corrected chi connectivity index (χ0v) is 13.0. The molecular weight excluding hydrogens is 322 g/mol. The van der Waals surface area contributed by atoms with Crippen molar-refractivity contribution in [3.63, 3.8) is 0 Å². The van der Waals surface area contributed by atoms with Gasteiger partial charge in [-0.3, -0.25) is 4.79 Å². The average Bonchev–Trinajstić information content (AvgIpc) is 2.55. The van der Waals surface area contributed by atoms with E-state index in [0.29, 0.717) is 16.4 Å². The first-order chi connectivity index (χ1) is 11.0. The van der Waals surface area contributed by atoms with Gasteiger partial charge in [0.1, 0.15) is 11.6 Å². The Hall–Kier alpha value is -2.80. The molecule has 8 heteroatoms. The molecule has 0 aliphatic carbocycles. The summed E-state index contributed by atoms with van der Waals surface area (Å²) in [7, 11) is 1.28. The van der Waals surface area contributed by atoms with E-state index in [1.165, 1.54) is 31.5 Å². The Labute approximate surface area is 137 Å². The summed E-state index contributed by atoms with van der Waals surface area (Å²) in [5, 5.41) is 3.02. The predicted octanol–water partition coefficient (Wildman–Crippen LogP) is 2.12. The van der Waals surface area contributed by atoms with Crippen molar-refractivity contribution in [1.82, 2.24) is 4.98 Å². The van der Waals surface area contributed by atoms with Gasteiger partial charge in [-0.2, -0.15) is 0 Å². The van der Waals surface area contributed by atoms with E-state index in [1.54, 1.807) is 12.1 Å². The fourth-order valence-electron chi connectivity index (χ4n) is 1.70. The number of hydrogen-bond acceptors (Lipinski definition) is 6. The van der Waals surface area contributed by atoms with Gasteiger partial charge in [-0.1, -0.05) is 11.6 Å². The fourth-order valence-corrected chi connectivity index (χ4v) is 1.81. The lowest BCUT2D eigenvalue weighted by Crippen LogP contribution is -2.21. The number of rotatable bonds is 5. The number of nitrogen functional groups attached to an aromatic ring is 1. The van der Waals surface area contributed by atoms with Crippen molar-refractivity contribution >= 4 is 35.0 Å². The van der Waals surface area contributed by atoms with Crippen LogP contribution in [0.3, 0.4) is 0 Å². The quantitative estimate of drug-likeness (QED) is 0.640. The van der Waals surface area contributed by atoms with E-state index >= 15 is 0 Å². The van der Waals surface area contributed by atoms with Gasteiger partial charge < -0.3 is 20.5 Å². The highest BCUT2D eigenvalue weighted by Crippen LogP contribution is 2.23. The van der Waals surface area contributed by atoms with Gasteiger partial charge in [-0.25, -0.2) is 9.78 Å². The molecule has 1 heterocycles. The molecule has 0 radical (unpaired) electrons. The zero-order valence-electron chi connectivity index (χ0n) is 12.2. The van der Waals surface area contributed by atoms with Crippen LogP contribution in [0.15, 0.2) is 36.5 Å². The predicted molar refractivity (Wildman–Crippen MR) is 85.6 cm³/mol. The Bertz CT molecular complexity index is 719. The largest absolute Gasteiger partial charge is 0.482 e. The second-order valence-corrected chi connectivity index (χ2v) is 4.88. The van der Waals surface area contributed by atoms with Crippen molar-refractivity contribution < 1.29 is 19.1 Å². The zero-order chi connectivity index (χ0) is 16.8. The maximum Gasteiger partial charge on any atom is 0.337 e. The van der Waals surface area contributed by atoms with Crippen molar-refractivity contribution in [3.05, 3.63) is 47.1 Å². The number of esters is 1. The Morgan fingerprint density at radius 3 is 2.70 bits per heavy atom. The lowest BCUT2D eigenvalue weighted by molar-refractivity contribution is -0.118. The minimum absolute atomic E-state index is 0.227. The Balaban J connectivity index is 1.93. The number of carbonyl (C=O) groups is 2. The number of benzene rings is 1. The third-order valence-corrected chi connectivity index (χ3v) is 3.01. The first-order valence-corrected chi connectivity index (χ1v) is 6.89. The summed E-state index contributed by atoms with van der Waals surface area (Å²) >= 11 is 5.71. The van der Waals surface area contributed by atoms with E-state index < -0.39 is 11.9 Å². The molecular formula is C15H14ClN3O4. The van der Waals surface area contributed by atoms with Crippen LogP contribution in [0, 0.1) is 0 Å². The Morgan fingerprint density at radius 2 is 2.09 bits per heavy atom. The molecule has 0 saturated carbocycles. The normalized spacial score (nSPS) is 10.0. The molecule has 0 atom stereocenters. The topological polar surface area (TPSA) is 104 Å². The SMILES string of the molecule is COC(=O)c1ccc(OCC(=O)Nc2ccc(Cl)cn2)c(N)c1. The molecule has 1 aromatic carbocycles. The Morgan fingerprint density at radius 1 is 1.30 bits per heavy atom. The highest BCUT2D eigenvalue weighted by atomic mass is 35.5. The number of methoxy groups -OCH3 is 1. The van der Waals surface area contributed by atoms with Crippen LogP contribution in [0.5, 0.6) is 5.75 Å². The number of hydrogen-bond donors (Lipinski definition) is 2. The molecule has 23 heavy (non-hydrogen) atoms. The first kappa shape index (κ1) is 16.6. The fraction of sp³-hybridized carbons (Fsp3) is 0.133. The molecule has 1 amide bonds. The third-order valence-electron chi connectivity index (χ3n) is 2.78. The lowest BCUT2D eigenvalue weighted by atomic mass is 10.2. The molecule has 0 fully saturated rings. The number of nitrogens with zero attached hydrogens (tertiary/aromatic N) is 1. The minimum atomic E-state index is -0.505. The summed E-state index contributed by atoms with van der Waals surface area (Å²) in [5.74, 6) is -0.264. The van der Waals surface area contributed by atoms with Gasteiger partial charge >= 0.3 is 5.97 Å². The maximum absolute atomic E-state index is 11.8. The van der Waals surface area contributed by atoms with Crippen molar-refractivity contribution in [1.29, 1.82) is 0 Å². The van der Waals surface area contributed by atoms with Gasteiger partial charge in [0.2, 0.25) is 0 Å². The van der Waals surface area contributed by atoms with Gasteiger partial charge in [-0.15, -0.1) is 0 Å². The molecule has 3 N–H and O–H groups in total. The maximum atomic E-state index is 11.8. The number of carbonyl (C=O) groups excluding carboxylic acids is 2. The molecule has 2 aromatic rings. The number of nitrogens with two attached hydrogens (primary N) is 1. The summed E-state index contributed by atoms with van der Waals surface area (Å²) < 4.78 is 9.91. The summed E-state index contributed by atoms with van der Waals surface area (Å²) in [4.78, 5) is 27.1. The van der Waals surface area contributed by atoms with Gasteiger partial charge in [0.25, 0.3) is 5.91 Å². The van der Waals surface area contributed by atoms with Crippen LogP contribution < -0.4 is 15.8 Å². The second-order valence-electron chi connectivity index (χ2n) is 4.44. The van der Waals surface area contributed by atoms with Crippen molar-refractivity contribution in [2.24, 2.45) is 0 Å². The second kappa shape index (κ2) is 7.46. The number of ether oxygens (including phenoxy) is 2. The summed E-state index contributed by atoms with van der Waals surface area (Å²) in [6, 6.07) is 7.58. The number of aromatic nitrogens is 1. The molecule has 7 nitrogen and oxygen atoms in total. The number of amides is 1. The third kappa shape index (κ3) is 4.58. The van der Waals surface area contributed by atoms with Crippen LogP contribution in [-0.2, 0) is 9.53 Å². The van der Waals surface area contributed by atoms with Crippen LogP contribution in [0.2, 0.25) is 5.02 Å². The average molecular weight is 336 g/mol. The highest BCUT2D eigenvalue weighted by molar-refractivity contribution is 6.30. The number of nitrogens with one attached hydrogen (secondary N) is 1. The van der Waals surface area contributed by atoms with E-state index in [-0.39, 0.29) is 18.0 Å². The van der Waals surface area contributed by atoms with Crippen LogP contribution in [0.1, 0.15) is 10.4 Å². The number of pyridine rings is 1. The van der Waals surface area contributed by atoms with E-state index in [2.05, 4.69) is 15.0 Å². The van der Waals surface area contributed by atoms with E-state index in [1.807, 2.05) is 0 Å². The van der Waals surface area contributed by atoms with Gasteiger partial charge in [-0.05, 0) is 30.3 Å². The van der Waals surface area contributed by atoms with E-state index in [0.717, 1.165) is 0 Å². The van der Waals surface area contributed by atoms with Gasteiger partial charge in [0.15, 0.2) is 6.61 Å². The lowest BCUT2D eigenvalue weighted by Gasteiger charge is -2.10. The molecule has 0 unspecified atom stereocenters. The molecule has 0 saturated heterocycles. The van der Waals surface area contributed by atoms with Gasteiger partial charge in [0, 0.05) is 6.20 Å². The minimum Gasteiger partial charge on any atom is -0.482 e. The van der Waals surface area contributed by atoms with Gasteiger partial charge in [0.05, 0.1) is 23.4 Å². The van der Waals surface area contributed by atoms with Crippen LogP contribution in [0.25, 0.3) is 0 Å². The van der Waals surface area contributed by atoms with Crippen molar-refractivity contribution in [3.8, 4) is 5.75 Å². The molecule has 0 spiro atoms. The van der Waals surface area contributed by atoms with Crippen molar-refractivity contribution in [2.75, 3.05) is 24.8 Å². The van der Waals surface area contributed by atoms with E-state index in [9.17, 15) is 9.59 Å². The Kier molecular flexibility index (Phi) is 5.37. The first-order valence-electron chi connectivity index (χ1n) is 6.51. The van der Waals surface area contributed by atoms with Crippen molar-refractivity contribution in [2.45, 2.75) is 0 Å².